The number of benzene rings is 1. The van der Waals surface area contributed by atoms with Crippen LogP contribution in [-0.2, 0) is 16.9 Å². The predicted molar refractivity (Wildman–Crippen MR) is 122 cm³/mol. The quantitative estimate of drug-likeness (QED) is 0.636. The van der Waals surface area contributed by atoms with Crippen molar-refractivity contribution in [1.82, 2.24) is 25.4 Å². The van der Waals surface area contributed by atoms with Crippen LogP contribution in [0, 0.1) is 6.92 Å². The Morgan fingerprint density at radius 2 is 1.77 bits per heavy atom. The zero-order chi connectivity index (χ0) is 22.8. The standard InChI is InChI=1S/C24H31N5O2/c1-15(2)19-12-18(21-16(3)28-29(22(21)27-19)24(4,5)6)23(31)26-14-20(30)25-13-17-10-8-7-9-11-17/h7-12,15H,13-14H2,1-6H3,(H,25,30)(H,26,31). The van der Waals surface area contributed by atoms with Crippen LogP contribution >= 0.6 is 0 Å². The number of aromatic nitrogens is 3. The van der Waals surface area contributed by atoms with E-state index in [0.717, 1.165) is 22.3 Å². The number of carbonyl (C=O) groups excluding carboxylic acids is 2. The van der Waals surface area contributed by atoms with Gasteiger partial charge in [0.1, 0.15) is 0 Å². The second-order valence-corrected chi connectivity index (χ2v) is 9.06. The molecular formula is C24H31N5O2. The number of amides is 2. The van der Waals surface area contributed by atoms with Crippen LogP contribution in [0.4, 0.5) is 0 Å². The van der Waals surface area contributed by atoms with Crippen LogP contribution < -0.4 is 10.6 Å². The first kappa shape index (κ1) is 22.5. The van der Waals surface area contributed by atoms with Crippen LogP contribution in [-0.4, -0.2) is 33.1 Å². The summed E-state index contributed by atoms with van der Waals surface area (Å²) in [5, 5.41) is 11.0. The number of rotatable bonds is 6. The van der Waals surface area contributed by atoms with E-state index < -0.39 is 0 Å². The lowest BCUT2D eigenvalue weighted by molar-refractivity contribution is -0.120. The van der Waals surface area contributed by atoms with Gasteiger partial charge >= 0.3 is 0 Å². The largest absolute Gasteiger partial charge is 0.350 e. The van der Waals surface area contributed by atoms with Gasteiger partial charge in [-0.25, -0.2) is 9.67 Å². The summed E-state index contributed by atoms with van der Waals surface area (Å²) < 4.78 is 1.87. The van der Waals surface area contributed by atoms with Crippen molar-refractivity contribution in [3.05, 3.63) is 58.9 Å². The Labute approximate surface area is 183 Å². The highest BCUT2D eigenvalue weighted by Gasteiger charge is 2.25. The average molecular weight is 422 g/mol. The van der Waals surface area contributed by atoms with E-state index in [9.17, 15) is 9.59 Å². The van der Waals surface area contributed by atoms with E-state index in [4.69, 9.17) is 4.98 Å². The highest BCUT2D eigenvalue weighted by molar-refractivity contribution is 6.07. The number of fused-ring (bicyclic) bond motifs is 1. The molecule has 7 nitrogen and oxygen atoms in total. The lowest BCUT2D eigenvalue weighted by Crippen LogP contribution is -2.36. The molecule has 164 valence electrons. The first-order valence-corrected chi connectivity index (χ1v) is 10.6. The molecule has 7 heteroatoms. The Hall–Kier alpha value is -3.22. The fourth-order valence-electron chi connectivity index (χ4n) is 3.37. The van der Waals surface area contributed by atoms with E-state index in [0.29, 0.717) is 17.8 Å². The molecule has 0 spiro atoms. The third-order valence-corrected chi connectivity index (χ3v) is 5.05. The first-order chi connectivity index (χ1) is 14.6. The van der Waals surface area contributed by atoms with Gasteiger partial charge in [0.15, 0.2) is 5.65 Å². The van der Waals surface area contributed by atoms with Gasteiger partial charge < -0.3 is 10.6 Å². The van der Waals surface area contributed by atoms with E-state index >= 15 is 0 Å². The summed E-state index contributed by atoms with van der Waals surface area (Å²) in [5.74, 6) is -0.400. The molecule has 0 fully saturated rings. The second kappa shape index (κ2) is 8.88. The fourth-order valence-corrected chi connectivity index (χ4v) is 3.37. The number of hydrogen-bond acceptors (Lipinski definition) is 4. The summed E-state index contributed by atoms with van der Waals surface area (Å²) in [6.07, 6.45) is 0. The van der Waals surface area contributed by atoms with Gasteiger partial charge in [0, 0.05) is 12.2 Å². The van der Waals surface area contributed by atoms with Crippen LogP contribution in [0.1, 0.15) is 67.8 Å². The molecule has 0 atom stereocenters. The van der Waals surface area contributed by atoms with Gasteiger partial charge in [-0.1, -0.05) is 44.2 Å². The Morgan fingerprint density at radius 1 is 1.10 bits per heavy atom. The number of carbonyl (C=O) groups is 2. The van der Waals surface area contributed by atoms with Crippen LogP contribution in [0.25, 0.3) is 11.0 Å². The van der Waals surface area contributed by atoms with Gasteiger partial charge in [0.25, 0.3) is 5.91 Å². The summed E-state index contributed by atoms with van der Waals surface area (Å²) in [6.45, 7) is 12.4. The van der Waals surface area contributed by atoms with E-state index in [1.807, 2.05) is 61.9 Å². The zero-order valence-corrected chi connectivity index (χ0v) is 19.1. The number of nitrogens with one attached hydrogen (secondary N) is 2. The SMILES string of the molecule is Cc1nn(C(C)(C)C)c2nc(C(C)C)cc(C(=O)NCC(=O)NCc3ccccc3)c12. The molecule has 0 saturated carbocycles. The lowest BCUT2D eigenvalue weighted by Gasteiger charge is -2.20. The van der Waals surface area contributed by atoms with E-state index in [2.05, 4.69) is 36.5 Å². The molecular weight excluding hydrogens is 390 g/mol. The molecule has 3 aromatic rings. The molecule has 0 aliphatic heterocycles. The highest BCUT2D eigenvalue weighted by Crippen LogP contribution is 2.28. The maximum atomic E-state index is 13.1. The molecule has 2 N–H and O–H groups in total. The van der Waals surface area contributed by atoms with Gasteiger partial charge in [0.05, 0.1) is 28.7 Å². The summed E-state index contributed by atoms with van der Waals surface area (Å²) in [7, 11) is 0. The number of pyridine rings is 1. The summed E-state index contributed by atoms with van der Waals surface area (Å²) in [6, 6.07) is 11.5. The highest BCUT2D eigenvalue weighted by atomic mass is 16.2. The summed E-state index contributed by atoms with van der Waals surface area (Å²) in [5.41, 5.74) is 3.47. The van der Waals surface area contributed by atoms with Gasteiger partial charge in [-0.3, -0.25) is 9.59 Å². The Balaban J connectivity index is 1.83. The molecule has 31 heavy (non-hydrogen) atoms. The van der Waals surface area contributed by atoms with Crippen molar-refractivity contribution in [2.24, 2.45) is 0 Å². The average Bonchev–Trinajstić information content (AvgIpc) is 3.07. The Morgan fingerprint density at radius 3 is 2.39 bits per heavy atom. The predicted octanol–water partition coefficient (Wildman–Crippen LogP) is 3.66. The van der Waals surface area contributed by atoms with Crippen molar-refractivity contribution in [1.29, 1.82) is 0 Å². The summed E-state index contributed by atoms with van der Waals surface area (Å²) in [4.78, 5) is 30.1. The number of nitrogens with zero attached hydrogens (tertiary/aromatic N) is 3. The molecule has 2 amide bonds. The van der Waals surface area contributed by atoms with Crippen LogP contribution in [0.15, 0.2) is 36.4 Å². The lowest BCUT2D eigenvalue weighted by atomic mass is 10.0. The maximum Gasteiger partial charge on any atom is 0.252 e. The van der Waals surface area contributed by atoms with Crippen molar-refractivity contribution in [2.45, 2.75) is 59.5 Å². The van der Waals surface area contributed by atoms with E-state index in [-0.39, 0.29) is 29.8 Å². The van der Waals surface area contributed by atoms with Crippen LogP contribution in [0.5, 0.6) is 0 Å². The van der Waals surface area contributed by atoms with Crippen molar-refractivity contribution in [3.63, 3.8) is 0 Å². The smallest absolute Gasteiger partial charge is 0.252 e. The third-order valence-electron chi connectivity index (χ3n) is 5.05. The Bertz CT molecular complexity index is 1090. The topological polar surface area (TPSA) is 88.9 Å². The number of hydrogen-bond donors (Lipinski definition) is 2. The fraction of sp³-hybridized carbons (Fsp3) is 0.417. The van der Waals surface area contributed by atoms with Gasteiger partial charge in [-0.15, -0.1) is 0 Å². The maximum absolute atomic E-state index is 13.1. The molecule has 2 heterocycles. The molecule has 0 aliphatic rings. The minimum absolute atomic E-state index is 0.0983. The molecule has 2 aromatic heterocycles. The molecule has 1 aromatic carbocycles. The summed E-state index contributed by atoms with van der Waals surface area (Å²) >= 11 is 0. The zero-order valence-electron chi connectivity index (χ0n) is 19.1. The van der Waals surface area contributed by atoms with Gasteiger partial charge in [0.2, 0.25) is 5.91 Å². The van der Waals surface area contributed by atoms with Crippen molar-refractivity contribution >= 4 is 22.8 Å². The number of aryl methyl sites for hydroxylation is 1. The van der Waals surface area contributed by atoms with E-state index in [1.54, 1.807) is 0 Å². The second-order valence-electron chi connectivity index (χ2n) is 9.06. The van der Waals surface area contributed by atoms with Crippen molar-refractivity contribution < 1.29 is 9.59 Å². The minimum Gasteiger partial charge on any atom is -0.350 e. The molecule has 0 unspecified atom stereocenters. The monoisotopic (exact) mass is 421 g/mol. The van der Waals surface area contributed by atoms with Crippen LogP contribution in [0.3, 0.4) is 0 Å². The van der Waals surface area contributed by atoms with Crippen molar-refractivity contribution in [3.8, 4) is 0 Å². The third kappa shape index (κ3) is 5.10. The van der Waals surface area contributed by atoms with E-state index in [1.165, 1.54) is 0 Å². The molecule has 0 bridgehead atoms. The molecule has 0 saturated heterocycles. The molecule has 0 radical (unpaired) electrons. The van der Waals surface area contributed by atoms with Gasteiger partial charge in [-0.05, 0) is 45.2 Å². The molecule has 3 rings (SSSR count). The van der Waals surface area contributed by atoms with Crippen molar-refractivity contribution in [2.75, 3.05) is 6.54 Å². The minimum atomic E-state index is -0.305. The Kier molecular flexibility index (Phi) is 6.43. The van der Waals surface area contributed by atoms with Gasteiger partial charge in [-0.2, -0.15) is 5.10 Å². The van der Waals surface area contributed by atoms with Crippen LogP contribution in [0.2, 0.25) is 0 Å². The first-order valence-electron chi connectivity index (χ1n) is 10.6. The molecule has 0 aliphatic carbocycles. The normalized spacial score (nSPS) is 11.7.